The van der Waals surface area contributed by atoms with Crippen molar-refractivity contribution in [3.63, 3.8) is 0 Å². The zero-order valence-electron chi connectivity index (χ0n) is 13.4. The van der Waals surface area contributed by atoms with Crippen LogP contribution in [0.25, 0.3) is 22.6 Å². The smallest absolute Gasteiger partial charge is 0.406 e. The molecule has 0 amide bonds. The minimum absolute atomic E-state index is 0.190. The molecule has 0 fully saturated rings. The molecule has 0 spiro atoms. The van der Waals surface area contributed by atoms with Gasteiger partial charge < -0.3 is 9.30 Å². The topological polar surface area (TPSA) is 61.2 Å². The zero-order chi connectivity index (χ0) is 19.4. The van der Waals surface area contributed by atoms with Gasteiger partial charge in [0.05, 0.1) is 16.8 Å². The van der Waals surface area contributed by atoms with Gasteiger partial charge in [0.1, 0.15) is 17.5 Å². The molecule has 4 rings (SSSR count). The van der Waals surface area contributed by atoms with Crippen LogP contribution in [0.15, 0.2) is 58.0 Å². The lowest BCUT2D eigenvalue weighted by atomic mass is 10.1. The second-order valence-electron chi connectivity index (χ2n) is 5.85. The molecule has 0 bridgehead atoms. The lowest BCUT2D eigenvalue weighted by Crippen LogP contribution is -2.19. The molecule has 10 heteroatoms. The van der Waals surface area contributed by atoms with Gasteiger partial charge in [-0.2, -0.15) is 0 Å². The number of hydrogen-bond acceptors (Lipinski definition) is 4. The Balaban J connectivity index is 1.78. The first kappa shape index (κ1) is 18.1. The first-order chi connectivity index (χ1) is 12.6. The molecule has 0 N–H and O–H groups in total. The van der Waals surface area contributed by atoms with Crippen LogP contribution in [0.5, 0.6) is 5.75 Å². The molecule has 140 valence electrons. The summed E-state index contributed by atoms with van der Waals surface area (Å²) >= 11 is 3.27. The minimum atomic E-state index is -4.77. The van der Waals surface area contributed by atoms with Crippen molar-refractivity contribution in [3.8, 4) is 28.4 Å². The maximum Gasteiger partial charge on any atom is 0.573 e. The summed E-state index contributed by atoms with van der Waals surface area (Å²) < 4.78 is 68.2. The van der Waals surface area contributed by atoms with E-state index in [9.17, 15) is 21.6 Å². The summed E-state index contributed by atoms with van der Waals surface area (Å²) in [7, 11) is -3.59. The van der Waals surface area contributed by atoms with Crippen LogP contribution < -0.4 is 4.74 Å². The molecular weight excluding hydrogens is 449 g/mol. The number of imidazole rings is 1. The van der Waals surface area contributed by atoms with Gasteiger partial charge in [0, 0.05) is 15.6 Å². The Morgan fingerprint density at radius 3 is 2.48 bits per heavy atom. The molecular formula is C17H10BrF3N2O3S. The fourth-order valence-corrected chi connectivity index (χ4v) is 5.01. The number of sulfone groups is 1. The van der Waals surface area contributed by atoms with E-state index in [2.05, 4.69) is 25.7 Å². The van der Waals surface area contributed by atoms with Crippen molar-refractivity contribution in [2.75, 3.05) is 0 Å². The van der Waals surface area contributed by atoms with Crippen LogP contribution >= 0.6 is 15.9 Å². The standard InChI is InChI=1S/C17H10BrF3N2O3S/c18-11-3-6-13-15(7-11)27(24,25)9-23-14(8-22-16(13)23)10-1-4-12(5-2-10)26-17(19,20)21/h1-8H,9H2. The lowest BCUT2D eigenvalue weighted by Gasteiger charge is -2.20. The molecule has 0 unspecified atom stereocenters. The average Bonchev–Trinajstić information content (AvgIpc) is 2.97. The zero-order valence-corrected chi connectivity index (χ0v) is 15.8. The number of hydrogen-bond donors (Lipinski definition) is 0. The number of ether oxygens (including phenoxy) is 1. The Morgan fingerprint density at radius 2 is 1.81 bits per heavy atom. The molecule has 27 heavy (non-hydrogen) atoms. The molecule has 0 saturated carbocycles. The summed E-state index contributed by atoms with van der Waals surface area (Å²) in [5, 5.41) is 0. The summed E-state index contributed by atoms with van der Waals surface area (Å²) in [6, 6.07) is 10.1. The SMILES string of the molecule is O=S1(=O)Cn2c(-c3ccc(OC(F)(F)F)cc3)cnc2-c2ccc(Br)cc21. The molecule has 0 radical (unpaired) electrons. The van der Waals surface area contributed by atoms with Gasteiger partial charge in [-0.3, -0.25) is 0 Å². The monoisotopic (exact) mass is 458 g/mol. The van der Waals surface area contributed by atoms with E-state index in [4.69, 9.17) is 0 Å². The predicted molar refractivity (Wildman–Crippen MR) is 94.7 cm³/mol. The van der Waals surface area contributed by atoms with Crippen molar-refractivity contribution >= 4 is 25.8 Å². The van der Waals surface area contributed by atoms with E-state index < -0.39 is 16.2 Å². The third-order valence-electron chi connectivity index (χ3n) is 4.06. The van der Waals surface area contributed by atoms with Gasteiger partial charge in [-0.15, -0.1) is 13.2 Å². The fourth-order valence-electron chi connectivity index (χ4n) is 2.96. The van der Waals surface area contributed by atoms with Crippen LogP contribution in [0.3, 0.4) is 0 Å². The van der Waals surface area contributed by atoms with Crippen LogP contribution in [0, 0.1) is 0 Å². The number of alkyl halides is 3. The van der Waals surface area contributed by atoms with Gasteiger partial charge >= 0.3 is 6.36 Å². The number of benzene rings is 2. The maximum atomic E-state index is 12.7. The highest BCUT2D eigenvalue weighted by Gasteiger charge is 2.32. The van der Waals surface area contributed by atoms with E-state index in [0.717, 1.165) is 0 Å². The molecule has 1 aliphatic heterocycles. The van der Waals surface area contributed by atoms with Gasteiger partial charge in [0.2, 0.25) is 0 Å². The quantitative estimate of drug-likeness (QED) is 0.561. The number of nitrogens with zero attached hydrogens (tertiary/aromatic N) is 2. The molecule has 3 aromatic rings. The van der Waals surface area contributed by atoms with Crippen molar-refractivity contribution < 1.29 is 26.3 Å². The highest BCUT2D eigenvalue weighted by Crippen LogP contribution is 2.38. The molecule has 5 nitrogen and oxygen atoms in total. The highest BCUT2D eigenvalue weighted by molar-refractivity contribution is 9.10. The van der Waals surface area contributed by atoms with E-state index >= 15 is 0 Å². The minimum Gasteiger partial charge on any atom is -0.406 e. The summed E-state index contributed by atoms with van der Waals surface area (Å²) in [5.41, 5.74) is 1.49. The van der Waals surface area contributed by atoms with E-state index in [1.807, 2.05) is 0 Å². The second kappa shape index (κ2) is 6.10. The van der Waals surface area contributed by atoms with Gasteiger partial charge in [0.15, 0.2) is 9.84 Å². The van der Waals surface area contributed by atoms with E-state index in [0.29, 0.717) is 27.1 Å². The van der Waals surface area contributed by atoms with Crippen molar-refractivity contribution in [2.45, 2.75) is 17.1 Å². The van der Waals surface area contributed by atoms with Crippen LogP contribution in [0.4, 0.5) is 13.2 Å². The van der Waals surface area contributed by atoms with Crippen molar-refractivity contribution in [2.24, 2.45) is 0 Å². The van der Waals surface area contributed by atoms with E-state index in [1.54, 1.807) is 12.1 Å². The Labute approximate surface area is 160 Å². The van der Waals surface area contributed by atoms with E-state index in [1.165, 1.54) is 41.1 Å². The van der Waals surface area contributed by atoms with Gasteiger partial charge in [-0.05, 0) is 42.5 Å². The third kappa shape index (κ3) is 3.34. The van der Waals surface area contributed by atoms with Crippen LogP contribution in [0.1, 0.15) is 0 Å². The lowest BCUT2D eigenvalue weighted by molar-refractivity contribution is -0.274. The Morgan fingerprint density at radius 1 is 1.11 bits per heavy atom. The summed E-state index contributed by atoms with van der Waals surface area (Å²) in [5.74, 6) is -0.174. The van der Waals surface area contributed by atoms with E-state index in [-0.39, 0.29) is 16.5 Å². The van der Waals surface area contributed by atoms with Crippen molar-refractivity contribution in [3.05, 3.63) is 53.1 Å². The second-order valence-corrected chi connectivity index (χ2v) is 8.69. The fraction of sp³-hybridized carbons (Fsp3) is 0.118. The first-order valence-corrected chi connectivity index (χ1v) is 10.0. The molecule has 2 aromatic carbocycles. The van der Waals surface area contributed by atoms with Crippen LogP contribution in [-0.2, 0) is 15.7 Å². The van der Waals surface area contributed by atoms with Crippen molar-refractivity contribution in [1.29, 1.82) is 0 Å². The van der Waals surface area contributed by atoms with Crippen LogP contribution in [-0.4, -0.2) is 24.3 Å². The number of rotatable bonds is 2. The summed E-state index contributed by atoms with van der Waals surface area (Å²) in [4.78, 5) is 4.51. The maximum absolute atomic E-state index is 12.7. The summed E-state index contributed by atoms with van der Waals surface area (Å²) in [6.07, 6.45) is -3.27. The molecule has 1 aromatic heterocycles. The first-order valence-electron chi connectivity index (χ1n) is 7.58. The summed E-state index contributed by atoms with van der Waals surface area (Å²) in [6.45, 7) is 0. The third-order valence-corrected chi connectivity index (χ3v) is 6.16. The highest BCUT2D eigenvalue weighted by atomic mass is 79.9. The molecule has 0 atom stereocenters. The Bertz CT molecular complexity index is 1140. The largest absolute Gasteiger partial charge is 0.573 e. The van der Waals surface area contributed by atoms with Crippen molar-refractivity contribution in [1.82, 2.24) is 9.55 Å². The normalized spacial score (nSPS) is 15.1. The van der Waals surface area contributed by atoms with Gasteiger partial charge in [-0.25, -0.2) is 13.4 Å². The van der Waals surface area contributed by atoms with Gasteiger partial charge in [0.25, 0.3) is 0 Å². The number of fused-ring (bicyclic) bond motifs is 3. The van der Waals surface area contributed by atoms with Crippen LogP contribution in [0.2, 0.25) is 0 Å². The Kier molecular flexibility index (Phi) is 4.08. The molecule has 0 aliphatic carbocycles. The predicted octanol–water partition coefficient (Wildman–Crippen LogP) is 4.62. The Hall–Kier alpha value is -2.33. The number of aromatic nitrogens is 2. The molecule has 2 heterocycles. The molecule has 0 saturated heterocycles. The molecule has 1 aliphatic rings. The number of halogens is 4. The average molecular weight is 459 g/mol. The van der Waals surface area contributed by atoms with Gasteiger partial charge in [-0.1, -0.05) is 15.9 Å².